The molecular formula is C26H34ClN7O3. The Morgan fingerprint density at radius 3 is 2.92 bits per heavy atom. The molecule has 6 N–H and O–H groups in total. The second kappa shape index (κ2) is 13.1. The molecule has 3 rings (SSSR count). The van der Waals surface area contributed by atoms with Crippen LogP contribution in [0.5, 0.6) is 5.75 Å². The number of carbonyl (C=O) groups is 2. The zero-order valence-electron chi connectivity index (χ0n) is 21.5. The predicted octanol–water partition coefficient (Wildman–Crippen LogP) is 2.68. The highest BCUT2D eigenvalue weighted by Gasteiger charge is 2.32. The minimum atomic E-state index is -0.493. The van der Waals surface area contributed by atoms with Gasteiger partial charge in [-0.25, -0.2) is 10.0 Å². The fourth-order valence-corrected chi connectivity index (χ4v) is 3.85. The van der Waals surface area contributed by atoms with Crippen LogP contribution in [0.2, 0.25) is 5.02 Å². The zero-order valence-corrected chi connectivity index (χ0v) is 22.2. The Hall–Kier alpha value is -3.60. The number of hydrazine groups is 1. The minimum absolute atomic E-state index is 0.0306. The number of fused-ring (bicyclic) bond motifs is 1. The molecule has 0 aliphatic carbocycles. The number of carbonyl (C=O) groups excluding carboxylic acids is 2. The van der Waals surface area contributed by atoms with Crippen molar-refractivity contribution in [1.29, 1.82) is 0 Å². The zero-order chi connectivity index (χ0) is 26.9. The van der Waals surface area contributed by atoms with E-state index in [0.29, 0.717) is 11.7 Å². The summed E-state index contributed by atoms with van der Waals surface area (Å²) in [7, 11) is 1.79. The molecule has 0 fully saturated rings. The fourth-order valence-electron chi connectivity index (χ4n) is 3.60. The van der Waals surface area contributed by atoms with E-state index in [9.17, 15) is 9.59 Å². The first-order valence-corrected chi connectivity index (χ1v) is 12.5. The lowest BCUT2D eigenvalue weighted by Crippen LogP contribution is -2.48. The molecule has 198 valence electrons. The number of guanidine groups is 1. The van der Waals surface area contributed by atoms with Crippen LogP contribution in [0.15, 0.2) is 70.7 Å². The Kier molecular flexibility index (Phi) is 9.90. The van der Waals surface area contributed by atoms with Crippen molar-refractivity contribution < 1.29 is 14.3 Å². The van der Waals surface area contributed by atoms with Crippen LogP contribution >= 0.6 is 11.6 Å². The number of nitrogens with zero attached hydrogens (tertiary/aromatic N) is 2. The fraction of sp³-hybridized carbons (Fsp3) is 0.346. The number of nitrogens with two attached hydrogens (primary N) is 1. The van der Waals surface area contributed by atoms with Gasteiger partial charge in [0.05, 0.1) is 10.7 Å². The van der Waals surface area contributed by atoms with E-state index in [1.165, 1.54) is 5.01 Å². The maximum atomic E-state index is 12.9. The maximum Gasteiger partial charge on any atom is 0.262 e. The highest BCUT2D eigenvalue weighted by Crippen LogP contribution is 2.27. The van der Waals surface area contributed by atoms with Gasteiger partial charge in [0.1, 0.15) is 29.9 Å². The molecule has 0 bridgehead atoms. The van der Waals surface area contributed by atoms with Crippen molar-refractivity contribution >= 4 is 29.4 Å². The molecule has 0 spiro atoms. The number of amides is 2. The van der Waals surface area contributed by atoms with Crippen LogP contribution in [0.3, 0.4) is 0 Å². The summed E-state index contributed by atoms with van der Waals surface area (Å²) in [6.07, 6.45) is 10.1. The van der Waals surface area contributed by atoms with E-state index in [-0.39, 0.29) is 53.3 Å². The van der Waals surface area contributed by atoms with Gasteiger partial charge in [-0.15, -0.1) is 0 Å². The van der Waals surface area contributed by atoms with Gasteiger partial charge in [-0.3, -0.25) is 9.59 Å². The standard InChI is InChI=1S/C26H34ClN7O3/c1-5-7-9-17(6-2)24-32-26-30-18(12-13-22(35)34(26)33-24)15-37-20-11-8-10-19(27)23(20)25(36)31-21(28)14-16(3)29-4/h6-12,14,16,24,29,33H,5,13,15,28H2,1-4H3,(H,30,32)(H,31,36)/b9-7-,17-6+,21-14-. The van der Waals surface area contributed by atoms with Crippen molar-refractivity contribution in [2.24, 2.45) is 10.7 Å². The van der Waals surface area contributed by atoms with Crippen molar-refractivity contribution in [2.75, 3.05) is 13.7 Å². The molecule has 2 unspecified atom stereocenters. The molecule has 0 saturated heterocycles. The lowest BCUT2D eigenvalue weighted by Gasteiger charge is -2.18. The average Bonchev–Trinajstić information content (AvgIpc) is 3.22. The summed E-state index contributed by atoms with van der Waals surface area (Å²) in [6, 6.07) is 4.91. The number of likely N-dealkylation sites (N-methyl/N-ethyl adjacent to an activating group) is 1. The van der Waals surface area contributed by atoms with Gasteiger partial charge in [0.15, 0.2) is 0 Å². The summed E-state index contributed by atoms with van der Waals surface area (Å²) < 4.78 is 5.97. The third kappa shape index (κ3) is 7.22. The molecule has 37 heavy (non-hydrogen) atoms. The maximum absolute atomic E-state index is 12.9. The minimum Gasteiger partial charge on any atom is -0.487 e. The van der Waals surface area contributed by atoms with Crippen LogP contribution in [-0.4, -0.2) is 48.6 Å². The first-order valence-electron chi connectivity index (χ1n) is 12.1. The second-order valence-electron chi connectivity index (χ2n) is 8.43. The van der Waals surface area contributed by atoms with E-state index in [1.54, 1.807) is 37.4 Å². The Bertz CT molecular complexity index is 1170. The van der Waals surface area contributed by atoms with Crippen LogP contribution in [0.4, 0.5) is 0 Å². The number of rotatable bonds is 10. The topological polar surface area (TPSA) is 133 Å². The number of allylic oxidation sites excluding steroid dienone is 2. The van der Waals surface area contributed by atoms with Crippen LogP contribution in [0, 0.1) is 0 Å². The SMILES string of the molecule is C/C=C(\C=C/CC)C1N=C2NC(COc3cccc(Cl)c3C(=O)N/C(N)=C\C(C)NC)=CCC(=O)N2N1. The third-order valence-corrected chi connectivity index (χ3v) is 6.00. The van der Waals surface area contributed by atoms with E-state index in [1.807, 2.05) is 32.1 Å². The van der Waals surface area contributed by atoms with Crippen molar-refractivity contribution in [3.63, 3.8) is 0 Å². The Balaban J connectivity index is 1.75. The molecular weight excluding hydrogens is 494 g/mol. The summed E-state index contributed by atoms with van der Waals surface area (Å²) >= 11 is 6.34. The van der Waals surface area contributed by atoms with Crippen molar-refractivity contribution in [3.05, 3.63) is 76.3 Å². The van der Waals surface area contributed by atoms with Gasteiger partial charge in [-0.05, 0) is 51.1 Å². The summed E-state index contributed by atoms with van der Waals surface area (Å²) in [4.78, 5) is 30.3. The van der Waals surface area contributed by atoms with Crippen molar-refractivity contribution in [1.82, 2.24) is 26.4 Å². The number of aliphatic imine (C=N–C) groups is 1. The largest absolute Gasteiger partial charge is 0.487 e. The number of halogens is 1. The molecule has 2 amide bonds. The van der Waals surface area contributed by atoms with Gasteiger partial charge >= 0.3 is 0 Å². The third-order valence-electron chi connectivity index (χ3n) is 5.68. The summed E-state index contributed by atoms with van der Waals surface area (Å²) in [6.45, 7) is 5.94. The van der Waals surface area contributed by atoms with Crippen LogP contribution in [0.1, 0.15) is 44.0 Å². The molecule has 1 aromatic carbocycles. The highest BCUT2D eigenvalue weighted by atomic mass is 35.5. The van der Waals surface area contributed by atoms with E-state index < -0.39 is 5.91 Å². The van der Waals surface area contributed by atoms with Crippen molar-refractivity contribution in [3.8, 4) is 5.75 Å². The van der Waals surface area contributed by atoms with E-state index in [0.717, 1.165) is 12.0 Å². The second-order valence-corrected chi connectivity index (χ2v) is 8.83. The van der Waals surface area contributed by atoms with Crippen LogP contribution < -0.4 is 31.8 Å². The summed E-state index contributed by atoms with van der Waals surface area (Å²) in [5, 5.41) is 10.5. The average molecular weight is 528 g/mol. The molecule has 0 radical (unpaired) electrons. The molecule has 2 atom stereocenters. The Morgan fingerprint density at radius 2 is 2.22 bits per heavy atom. The first kappa shape index (κ1) is 28.0. The molecule has 10 nitrogen and oxygen atoms in total. The molecule has 2 heterocycles. The van der Waals surface area contributed by atoms with E-state index in [2.05, 4.69) is 33.3 Å². The monoisotopic (exact) mass is 527 g/mol. The molecule has 11 heteroatoms. The summed E-state index contributed by atoms with van der Waals surface area (Å²) in [5.41, 5.74) is 10.8. The highest BCUT2D eigenvalue weighted by molar-refractivity contribution is 6.34. The Labute approximate surface area is 222 Å². The van der Waals surface area contributed by atoms with Gasteiger partial charge in [-0.1, -0.05) is 48.9 Å². The van der Waals surface area contributed by atoms with E-state index >= 15 is 0 Å². The smallest absolute Gasteiger partial charge is 0.262 e. The number of ether oxygens (including phenoxy) is 1. The normalized spacial score (nSPS) is 19.1. The van der Waals surface area contributed by atoms with Crippen molar-refractivity contribution in [2.45, 2.75) is 45.8 Å². The Morgan fingerprint density at radius 1 is 1.43 bits per heavy atom. The van der Waals surface area contributed by atoms with Gasteiger partial charge < -0.3 is 26.4 Å². The quantitative estimate of drug-likeness (QED) is 0.295. The van der Waals surface area contributed by atoms with Gasteiger partial charge in [0, 0.05) is 12.5 Å². The molecule has 1 aromatic rings. The van der Waals surface area contributed by atoms with E-state index in [4.69, 9.17) is 22.1 Å². The summed E-state index contributed by atoms with van der Waals surface area (Å²) in [5.74, 6) is 0.208. The number of hydrogen-bond donors (Lipinski definition) is 5. The first-order chi connectivity index (χ1) is 17.8. The molecule has 0 saturated carbocycles. The van der Waals surface area contributed by atoms with Crippen LogP contribution in [-0.2, 0) is 4.79 Å². The van der Waals surface area contributed by atoms with Crippen LogP contribution in [0.25, 0.3) is 0 Å². The predicted molar refractivity (Wildman–Crippen MR) is 145 cm³/mol. The van der Waals surface area contributed by atoms with Gasteiger partial charge in [-0.2, -0.15) is 5.43 Å². The van der Waals surface area contributed by atoms with Gasteiger partial charge in [0.2, 0.25) is 11.9 Å². The number of benzene rings is 1. The number of hydrogen-bond acceptors (Lipinski definition) is 8. The lowest BCUT2D eigenvalue weighted by atomic mass is 10.2. The number of nitrogens with one attached hydrogen (secondary N) is 4. The molecule has 2 aliphatic rings. The van der Waals surface area contributed by atoms with Gasteiger partial charge in [0.25, 0.3) is 5.91 Å². The molecule has 2 aliphatic heterocycles. The molecule has 0 aromatic heterocycles. The lowest BCUT2D eigenvalue weighted by molar-refractivity contribution is -0.128.